The molecular formula is C22H28O5. The number of benzene rings is 2. The van der Waals surface area contributed by atoms with Gasteiger partial charge in [0.15, 0.2) is 18.3 Å². The molecule has 0 atom stereocenters. The van der Waals surface area contributed by atoms with Gasteiger partial charge in [0.05, 0.1) is 13.7 Å². The van der Waals surface area contributed by atoms with Crippen LogP contribution >= 0.6 is 0 Å². The number of methoxy groups -OCH3 is 2. The third-order valence-electron chi connectivity index (χ3n) is 4.28. The first-order valence-electron chi connectivity index (χ1n) is 9.05. The Bertz CT molecular complexity index is 836. The third-order valence-corrected chi connectivity index (χ3v) is 4.28. The largest absolute Gasteiger partial charge is 0.493 e. The molecule has 0 saturated carbocycles. The Morgan fingerprint density at radius 1 is 1.22 bits per heavy atom. The van der Waals surface area contributed by atoms with E-state index in [-0.39, 0.29) is 18.7 Å². The highest BCUT2D eigenvalue weighted by molar-refractivity contribution is 6.02. The molecule has 0 aliphatic carbocycles. The molecule has 0 spiro atoms. The van der Waals surface area contributed by atoms with Gasteiger partial charge >= 0.3 is 5.97 Å². The van der Waals surface area contributed by atoms with Crippen LogP contribution in [0.5, 0.6) is 11.5 Å². The number of fused-ring (bicyclic) bond motifs is 1. The van der Waals surface area contributed by atoms with Gasteiger partial charge in [-0.25, -0.2) is 4.79 Å². The molecule has 146 valence electrons. The van der Waals surface area contributed by atoms with Gasteiger partial charge in [0.2, 0.25) is 0 Å². The van der Waals surface area contributed by atoms with Crippen molar-refractivity contribution in [3.8, 4) is 11.5 Å². The second-order valence-corrected chi connectivity index (χ2v) is 6.52. The van der Waals surface area contributed by atoms with Gasteiger partial charge in [0.1, 0.15) is 0 Å². The van der Waals surface area contributed by atoms with Gasteiger partial charge in [-0.1, -0.05) is 32.0 Å². The lowest BCUT2D eigenvalue weighted by Gasteiger charge is -2.19. The zero-order valence-electron chi connectivity index (χ0n) is 16.9. The summed E-state index contributed by atoms with van der Waals surface area (Å²) in [6.45, 7) is 8.27. The van der Waals surface area contributed by atoms with E-state index in [4.69, 9.17) is 18.9 Å². The molecule has 0 aliphatic rings. The minimum atomic E-state index is -0.329. The average Bonchev–Trinajstić information content (AvgIpc) is 2.66. The van der Waals surface area contributed by atoms with Crippen LogP contribution in [0.3, 0.4) is 0 Å². The van der Waals surface area contributed by atoms with Crippen LogP contribution in [0, 0.1) is 0 Å². The normalized spacial score (nSPS) is 11.7. The predicted molar refractivity (Wildman–Crippen MR) is 107 cm³/mol. The van der Waals surface area contributed by atoms with Crippen LogP contribution in [0.2, 0.25) is 0 Å². The summed E-state index contributed by atoms with van der Waals surface area (Å²) in [5.74, 6) is 1.19. The van der Waals surface area contributed by atoms with Crippen LogP contribution in [-0.4, -0.2) is 33.6 Å². The maximum Gasteiger partial charge on any atom is 0.333 e. The molecule has 0 bridgehead atoms. The van der Waals surface area contributed by atoms with Crippen molar-refractivity contribution < 1.29 is 23.7 Å². The number of esters is 1. The van der Waals surface area contributed by atoms with E-state index < -0.39 is 0 Å². The Kier molecular flexibility index (Phi) is 7.25. The van der Waals surface area contributed by atoms with Crippen LogP contribution in [0.25, 0.3) is 16.8 Å². The number of rotatable bonds is 8. The number of hydrogen-bond donors (Lipinski definition) is 0. The molecule has 0 N–H and O–H groups in total. The molecule has 2 aromatic carbocycles. The molecular weight excluding hydrogens is 344 g/mol. The van der Waals surface area contributed by atoms with E-state index in [0.29, 0.717) is 23.7 Å². The topological polar surface area (TPSA) is 54.0 Å². The zero-order chi connectivity index (χ0) is 20.0. The van der Waals surface area contributed by atoms with Crippen molar-refractivity contribution in [3.05, 3.63) is 41.0 Å². The van der Waals surface area contributed by atoms with E-state index in [2.05, 4.69) is 19.9 Å². The highest BCUT2D eigenvalue weighted by Gasteiger charge is 2.18. The van der Waals surface area contributed by atoms with E-state index in [1.165, 1.54) is 0 Å². The van der Waals surface area contributed by atoms with Crippen LogP contribution in [0.1, 0.15) is 44.7 Å². The molecule has 5 heteroatoms. The summed E-state index contributed by atoms with van der Waals surface area (Å²) >= 11 is 0. The fourth-order valence-electron chi connectivity index (χ4n) is 3.02. The van der Waals surface area contributed by atoms with Gasteiger partial charge in [-0.05, 0) is 48.4 Å². The zero-order valence-corrected chi connectivity index (χ0v) is 16.9. The summed E-state index contributed by atoms with van der Waals surface area (Å²) in [6.07, 6.45) is 1.83. The highest BCUT2D eigenvalue weighted by Crippen LogP contribution is 2.42. The van der Waals surface area contributed by atoms with Crippen LogP contribution in [-0.2, 0) is 14.3 Å². The molecule has 0 aromatic heterocycles. The average molecular weight is 372 g/mol. The highest BCUT2D eigenvalue weighted by atomic mass is 16.7. The summed E-state index contributed by atoms with van der Waals surface area (Å²) in [5.41, 5.74) is 2.54. The molecule has 0 fully saturated rings. The Labute approximate surface area is 160 Å². The van der Waals surface area contributed by atoms with Crippen LogP contribution in [0.4, 0.5) is 0 Å². The van der Waals surface area contributed by atoms with Crippen LogP contribution < -0.4 is 9.47 Å². The molecule has 2 rings (SSSR count). The summed E-state index contributed by atoms with van der Waals surface area (Å²) in [6, 6.07) is 7.99. The maximum atomic E-state index is 12.1. The van der Waals surface area contributed by atoms with E-state index in [0.717, 1.165) is 21.9 Å². The van der Waals surface area contributed by atoms with Crippen molar-refractivity contribution in [1.29, 1.82) is 0 Å². The van der Waals surface area contributed by atoms with Gasteiger partial charge in [-0.3, -0.25) is 0 Å². The Hall–Kier alpha value is -2.53. The first-order valence-corrected chi connectivity index (χ1v) is 9.05. The Morgan fingerprint density at radius 2 is 1.96 bits per heavy atom. The first-order chi connectivity index (χ1) is 12.9. The second-order valence-electron chi connectivity index (χ2n) is 6.52. The SMILES string of the molecule is CCOC(=O)C(C)=Cc1cc(OC)c(OCOC)c2c(C(C)C)cccc12. The molecule has 27 heavy (non-hydrogen) atoms. The fourth-order valence-corrected chi connectivity index (χ4v) is 3.02. The van der Waals surface area contributed by atoms with Crippen molar-refractivity contribution in [2.24, 2.45) is 0 Å². The molecule has 2 aromatic rings. The second kappa shape index (κ2) is 9.42. The van der Waals surface area contributed by atoms with Crippen molar-refractivity contribution in [1.82, 2.24) is 0 Å². The van der Waals surface area contributed by atoms with Gasteiger partial charge < -0.3 is 18.9 Å². The van der Waals surface area contributed by atoms with Gasteiger partial charge in [0.25, 0.3) is 0 Å². The standard InChI is InChI=1S/C22H28O5/c1-7-26-22(23)15(4)11-16-12-19(25-6)21(27-13-24-5)20-17(14(2)3)9-8-10-18(16)20/h8-12,14H,7,13H2,1-6H3. The van der Waals surface area contributed by atoms with Gasteiger partial charge in [-0.15, -0.1) is 0 Å². The quantitative estimate of drug-likeness (QED) is 0.374. The van der Waals surface area contributed by atoms with Gasteiger partial charge in [0, 0.05) is 18.1 Å². The smallest absolute Gasteiger partial charge is 0.333 e. The minimum Gasteiger partial charge on any atom is -0.493 e. The maximum absolute atomic E-state index is 12.1. The van der Waals surface area contributed by atoms with Crippen molar-refractivity contribution in [2.45, 2.75) is 33.6 Å². The molecule has 5 nitrogen and oxygen atoms in total. The number of carbonyl (C=O) groups excluding carboxylic acids is 1. The number of hydrogen-bond acceptors (Lipinski definition) is 5. The molecule has 0 heterocycles. The van der Waals surface area contributed by atoms with E-state index >= 15 is 0 Å². The molecule has 0 amide bonds. The van der Waals surface area contributed by atoms with Gasteiger partial charge in [-0.2, -0.15) is 0 Å². The lowest BCUT2D eigenvalue weighted by Crippen LogP contribution is -2.06. The summed E-state index contributed by atoms with van der Waals surface area (Å²) in [7, 11) is 3.18. The van der Waals surface area contributed by atoms with Crippen molar-refractivity contribution in [3.63, 3.8) is 0 Å². The minimum absolute atomic E-state index is 0.120. The summed E-state index contributed by atoms with van der Waals surface area (Å²) < 4.78 is 21.7. The fraction of sp³-hybridized carbons (Fsp3) is 0.409. The molecule has 0 aliphatic heterocycles. The lowest BCUT2D eigenvalue weighted by molar-refractivity contribution is -0.138. The number of ether oxygens (including phenoxy) is 4. The molecule has 0 unspecified atom stereocenters. The molecule has 0 radical (unpaired) electrons. The predicted octanol–water partition coefficient (Wildman–Crippen LogP) is 4.92. The van der Waals surface area contributed by atoms with Crippen LogP contribution in [0.15, 0.2) is 29.8 Å². The van der Waals surface area contributed by atoms with E-state index in [1.54, 1.807) is 28.1 Å². The van der Waals surface area contributed by atoms with E-state index in [9.17, 15) is 4.79 Å². The Balaban J connectivity index is 2.78. The monoisotopic (exact) mass is 372 g/mol. The molecule has 0 saturated heterocycles. The number of carbonyl (C=O) groups is 1. The third kappa shape index (κ3) is 4.61. The summed E-state index contributed by atoms with van der Waals surface area (Å²) in [4.78, 5) is 12.1. The first kappa shape index (κ1) is 20.8. The van der Waals surface area contributed by atoms with E-state index in [1.807, 2.05) is 24.3 Å². The summed E-state index contributed by atoms with van der Waals surface area (Å²) in [5, 5.41) is 1.95. The van der Waals surface area contributed by atoms with Crippen molar-refractivity contribution in [2.75, 3.05) is 27.6 Å². The van der Waals surface area contributed by atoms with Crippen molar-refractivity contribution >= 4 is 22.8 Å². The lowest BCUT2D eigenvalue weighted by atomic mass is 9.92. The Morgan fingerprint density at radius 3 is 2.56 bits per heavy atom.